The van der Waals surface area contributed by atoms with Crippen LogP contribution in [0.3, 0.4) is 0 Å². The first-order valence-corrected chi connectivity index (χ1v) is 6.39. The van der Waals surface area contributed by atoms with Crippen LogP contribution >= 0.6 is 0 Å². The zero-order valence-electron chi connectivity index (χ0n) is 10.9. The van der Waals surface area contributed by atoms with Gasteiger partial charge in [-0.1, -0.05) is 6.92 Å². The Morgan fingerprint density at radius 3 is 2.72 bits per heavy atom. The zero-order valence-corrected chi connectivity index (χ0v) is 10.9. The van der Waals surface area contributed by atoms with Crippen LogP contribution in [0.1, 0.15) is 25.5 Å². The van der Waals surface area contributed by atoms with Crippen LogP contribution in [0.2, 0.25) is 0 Å². The molecule has 0 radical (unpaired) electrons. The van der Waals surface area contributed by atoms with Gasteiger partial charge in [0, 0.05) is 19.2 Å². The van der Waals surface area contributed by atoms with Crippen molar-refractivity contribution in [2.75, 3.05) is 13.1 Å². The van der Waals surface area contributed by atoms with Gasteiger partial charge in [-0.3, -0.25) is 9.59 Å². The van der Waals surface area contributed by atoms with E-state index in [0.717, 1.165) is 31.6 Å². The minimum absolute atomic E-state index is 0.0119. The van der Waals surface area contributed by atoms with Crippen LogP contribution in [0.4, 0.5) is 0 Å². The van der Waals surface area contributed by atoms with Gasteiger partial charge in [0.25, 0.3) is 5.56 Å². The summed E-state index contributed by atoms with van der Waals surface area (Å²) in [7, 11) is 0. The molecule has 0 saturated carbocycles. The number of amides is 1. The third-order valence-corrected chi connectivity index (χ3v) is 3.42. The maximum absolute atomic E-state index is 12.1. The lowest BCUT2D eigenvalue weighted by molar-refractivity contribution is -0.133. The minimum Gasteiger partial charge on any atom is -0.341 e. The fourth-order valence-electron chi connectivity index (χ4n) is 2.15. The molecule has 18 heavy (non-hydrogen) atoms. The highest BCUT2D eigenvalue weighted by Gasteiger charge is 2.20. The predicted molar refractivity (Wildman–Crippen MR) is 68.2 cm³/mol. The van der Waals surface area contributed by atoms with E-state index in [-0.39, 0.29) is 18.0 Å². The van der Waals surface area contributed by atoms with Crippen molar-refractivity contribution in [1.82, 2.24) is 14.7 Å². The maximum Gasteiger partial charge on any atom is 0.267 e. The Balaban J connectivity index is 2.03. The van der Waals surface area contributed by atoms with Crippen LogP contribution in [0.5, 0.6) is 0 Å². The highest BCUT2D eigenvalue weighted by Crippen LogP contribution is 2.15. The monoisotopic (exact) mass is 249 g/mol. The Morgan fingerprint density at radius 1 is 1.39 bits per heavy atom. The Kier molecular flexibility index (Phi) is 3.79. The second-order valence-corrected chi connectivity index (χ2v) is 5.03. The first-order valence-electron chi connectivity index (χ1n) is 6.39. The van der Waals surface area contributed by atoms with Crippen molar-refractivity contribution in [3.8, 4) is 0 Å². The molecule has 1 aliphatic heterocycles. The van der Waals surface area contributed by atoms with Gasteiger partial charge in [-0.25, -0.2) is 4.68 Å². The van der Waals surface area contributed by atoms with Crippen molar-refractivity contribution in [2.24, 2.45) is 5.92 Å². The van der Waals surface area contributed by atoms with E-state index in [4.69, 9.17) is 0 Å². The Labute approximate surface area is 106 Å². The van der Waals surface area contributed by atoms with Crippen molar-refractivity contribution >= 4 is 5.91 Å². The molecule has 5 nitrogen and oxygen atoms in total. The van der Waals surface area contributed by atoms with E-state index in [9.17, 15) is 9.59 Å². The van der Waals surface area contributed by atoms with E-state index >= 15 is 0 Å². The molecule has 0 unspecified atom stereocenters. The van der Waals surface area contributed by atoms with Crippen LogP contribution in [0.25, 0.3) is 0 Å². The van der Waals surface area contributed by atoms with E-state index in [2.05, 4.69) is 12.0 Å². The first kappa shape index (κ1) is 12.8. The zero-order chi connectivity index (χ0) is 13.1. The summed E-state index contributed by atoms with van der Waals surface area (Å²) >= 11 is 0. The molecule has 0 bridgehead atoms. The third kappa shape index (κ3) is 2.97. The van der Waals surface area contributed by atoms with Gasteiger partial charge in [-0.2, -0.15) is 5.10 Å². The van der Waals surface area contributed by atoms with Gasteiger partial charge in [0.05, 0.1) is 5.69 Å². The molecule has 1 aromatic rings. The molecule has 1 saturated heterocycles. The van der Waals surface area contributed by atoms with Gasteiger partial charge in [0.1, 0.15) is 6.54 Å². The van der Waals surface area contributed by atoms with Crippen LogP contribution in [-0.2, 0) is 11.3 Å². The summed E-state index contributed by atoms with van der Waals surface area (Å²) in [5.41, 5.74) is 0.522. The van der Waals surface area contributed by atoms with Gasteiger partial charge >= 0.3 is 0 Å². The minimum atomic E-state index is -0.223. The van der Waals surface area contributed by atoms with Crippen LogP contribution in [0.15, 0.2) is 16.9 Å². The first-order chi connectivity index (χ1) is 8.56. The van der Waals surface area contributed by atoms with E-state index in [1.54, 1.807) is 6.07 Å². The molecular formula is C13H19N3O2. The van der Waals surface area contributed by atoms with Crippen molar-refractivity contribution in [2.45, 2.75) is 33.2 Å². The van der Waals surface area contributed by atoms with Gasteiger partial charge in [-0.05, 0) is 31.7 Å². The molecule has 1 fully saturated rings. The largest absolute Gasteiger partial charge is 0.341 e. The second kappa shape index (κ2) is 5.33. The van der Waals surface area contributed by atoms with Gasteiger partial charge in [0.15, 0.2) is 0 Å². The molecule has 2 heterocycles. The molecule has 0 N–H and O–H groups in total. The van der Waals surface area contributed by atoms with E-state index in [1.165, 1.54) is 10.7 Å². The van der Waals surface area contributed by atoms with Crippen molar-refractivity contribution in [3.05, 3.63) is 28.2 Å². The summed E-state index contributed by atoms with van der Waals surface area (Å²) < 4.78 is 1.25. The van der Waals surface area contributed by atoms with E-state index in [0.29, 0.717) is 5.92 Å². The quantitative estimate of drug-likeness (QED) is 0.779. The number of nitrogens with zero attached hydrogens (tertiary/aromatic N) is 3. The number of carbonyl (C=O) groups is 1. The summed E-state index contributed by atoms with van der Waals surface area (Å²) in [5.74, 6) is 0.677. The molecule has 2 rings (SSSR count). The van der Waals surface area contributed by atoms with Crippen LogP contribution in [-0.4, -0.2) is 33.7 Å². The van der Waals surface area contributed by atoms with Gasteiger partial charge in [0.2, 0.25) is 5.91 Å². The summed E-state index contributed by atoms with van der Waals surface area (Å²) in [6.45, 7) is 5.65. The topological polar surface area (TPSA) is 55.2 Å². The Morgan fingerprint density at radius 2 is 2.06 bits per heavy atom. The lowest BCUT2D eigenvalue weighted by Crippen LogP contribution is -2.41. The fourth-order valence-corrected chi connectivity index (χ4v) is 2.15. The highest BCUT2D eigenvalue weighted by molar-refractivity contribution is 5.75. The average Bonchev–Trinajstić information content (AvgIpc) is 2.34. The summed E-state index contributed by atoms with van der Waals surface area (Å²) in [6.07, 6.45) is 2.09. The predicted octanol–water partition coefficient (Wildman–Crippen LogP) is 0.810. The van der Waals surface area contributed by atoms with Crippen LogP contribution in [0, 0.1) is 12.8 Å². The molecular weight excluding hydrogens is 230 g/mol. The second-order valence-electron chi connectivity index (χ2n) is 5.03. The number of piperidine rings is 1. The number of likely N-dealkylation sites (tertiary alicyclic amines) is 1. The van der Waals surface area contributed by atoms with Gasteiger partial charge < -0.3 is 4.90 Å². The molecule has 1 aliphatic rings. The van der Waals surface area contributed by atoms with Crippen molar-refractivity contribution < 1.29 is 4.79 Å². The molecule has 0 spiro atoms. The number of hydrogen-bond acceptors (Lipinski definition) is 3. The average molecular weight is 249 g/mol. The number of aryl methyl sites for hydroxylation is 1. The molecule has 0 atom stereocenters. The molecule has 0 aliphatic carbocycles. The van der Waals surface area contributed by atoms with Crippen molar-refractivity contribution in [3.63, 3.8) is 0 Å². The fraction of sp³-hybridized carbons (Fsp3) is 0.615. The van der Waals surface area contributed by atoms with Crippen LogP contribution < -0.4 is 5.56 Å². The SMILES string of the molecule is Cc1ccc(=O)n(CC(=O)N2CCC(C)CC2)n1. The molecule has 1 aromatic heterocycles. The Bertz CT molecular complexity index is 487. The molecule has 0 aromatic carbocycles. The van der Waals surface area contributed by atoms with Gasteiger partial charge in [-0.15, -0.1) is 0 Å². The number of aromatic nitrogens is 2. The standard InChI is InChI=1S/C13H19N3O2/c1-10-5-7-15(8-6-10)13(18)9-16-12(17)4-3-11(2)14-16/h3-4,10H,5-9H2,1-2H3. The molecule has 5 heteroatoms. The third-order valence-electron chi connectivity index (χ3n) is 3.42. The molecule has 98 valence electrons. The maximum atomic E-state index is 12.1. The number of hydrogen-bond donors (Lipinski definition) is 0. The summed E-state index contributed by atoms with van der Waals surface area (Å²) in [5, 5.41) is 4.08. The van der Waals surface area contributed by atoms with E-state index in [1.807, 2.05) is 11.8 Å². The lowest BCUT2D eigenvalue weighted by Gasteiger charge is -2.30. The van der Waals surface area contributed by atoms with Crippen molar-refractivity contribution in [1.29, 1.82) is 0 Å². The number of carbonyl (C=O) groups excluding carboxylic acids is 1. The van der Waals surface area contributed by atoms with E-state index < -0.39 is 0 Å². The lowest BCUT2D eigenvalue weighted by atomic mass is 9.99. The Hall–Kier alpha value is -1.65. The summed E-state index contributed by atoms with van der Waals surface area (Å²) in [4.78, 5) is 25.5. The molecule has 1 amide bonds. The normalized spacial score (nSPS) is 16.9. The summed E-state index contributed by atoms with van der Waals surface area (Å²) in [6, 6.07) is 3.11. The highest BCUT2D eigenvalue weighted by atomic mass is 16.2. The smallest absolute Gasteiger partial charge is 0.267 e. The number of rotatable bonds is 2.